The number of hydrogen-bond acceptors (Lipinski definition) is 2. The van der Waals surface area contributed by atoms with Crippen LogP contribution in [0, 0.1) is 38.5 Å². The van der Waals surface area contributed by atoms with Gasteiger partial charge in [0.15, 0.2) is 0 Å². The van der Waals surface area contributed by atoms with E-state index in [2.05, 4.69) is 85.7 Å². The second-order valence-electron chi connectivity index (χ2n) is 13.3. The monoisotopic (exact) mass is 616 g/mol. The second kappa shape index (κ2) is 17.6. The summed E-state index contributed by atoms with van der Waals surface area (Å²) < 4.78 is 7.37. The molecule has 2 aromatic rings. The fourth-order valence-corrected chi connectivity index (χ4v) is 8.75. The van der Waals surface area contributed by atoms with Crippen LogP contribution >= 0.6 is 0 Å². The van der Waals surface area contributed by atoms with Crippen LogP contribution in [-0.2, 0) is 11.7 Å². The molecule has 0 bridgehead atoms. The van der Waals surface area contributed by atoms with Crippen LogP contribution in [0.25, 0.3) is 0 Å². The zero-order valence-corrected chi connectivity index (χ0v) is 29.1. The summed E-state index contributed by atoms with van der Waals surface area (Å²) in [5.41, 5.74) is 6.08. The van der Waals surface area contributed by atoms with E-state index in [0.29, 0.717) is 15.0 Å². The molecule has 2 aromatic carbocycles. The van der Waals surface area contributed by atoms with Crippen molar-refractivity contribution < 1.29 is 9.84 Å². The third-order valence-electron chi connectivity index (χ3n) is 8.94. The molecule has 3 unspecified atom stereocenters. The minimum absolute atomic E-state index is 0.343. The van der Waals surface area contributed by atoms with Gasteiger partial charge in [-0.3, -0.25) is 0 Å². The van der Waals surface area contributed by atoms with Crippen molar-refractivity contribution in [2.45, 2.75) is 137 Å². The summed E-state index contributed by atoms with van der Waals surface area (Å²) in [6.07, 6.45) is 13.1. The first-order chi connectivity index (χ1) is 18.9. The average Bonchev–Trinajstić information content (AvgIpc) is 2.90. The van der Waals surface area contributed by atoms with Crippen molar-refractivity contribution in [3.05, 3.63) is 58.1 Å². The van der Waals surface area contributed by atoms with E-state index in [1.54, 1.807) is 7.11 Å². The zero-order valence-electron chi connectivity index (χ0n) is 27.4. The molecule has 0 fully saturated rings. The van der Waals surface area contributed by atoms with Gasteiger partial charge in [-0.05, 0) is 11.8 Å². The van der Waals surface area contributed by atoms with Gasteiger partial charge in [-0.1, -0.05) is 40.0 Å². The SMILES string of the molecule is COc1c(C)c(C)c([Se]Cc2ccccc2)c(CCC(C)(O)CCCC(C)CCCC(C)CCCC(C)C)c1C. The summed E-state index contributed by atoms with van der Waals surface area (Å²) >= 11 is 0.343. The number of benzene rings is 2. The molecule has 0 aliphatic heterocycles. The van der Waals surface area contributed by atoms with Crippen LogP contribution in [0.4, 0.5) is 0 Å². The van der Waals surface area contributed by atoms with Crippen LogP contribution in [0.2, 0.25) is 0 Å². The number of methoxy groups -OCH3 is 1. The van der Waals surface area contributed by atoms with Gasteiger partial charge in [0.05, 0.1) is 0 Å². The molecule has 0 saturated carbocycles. The predicted molar refractivity (Wildman–Crippen MR) is 176 cm³/mol. The van der Waals surface area contributed by atoms with Gasteiger partial charge < -0.3 is 0 Å². The fraction of sp³-hybridized carbons (Fsp3) is 0.676. The first kappa shape index (κ1) is 34.9. The molecule has 0 aliphatic carbocycles. The molecule has 2 nitrogen and oxygen atoms in total. The Hall–Kier alpha value is -1.28. The Bertz CT molecular complexity index is 995. The van der Waals surface area contributed by atoms with E-state index < -0.39 is 5.60 Å². The summed E-state index contributed by atoms with van der Waals surface area (Å²) in [6.45, 7) is 18.2. The van der Waals surface area contributed by atoms with Gasteiger partial charge in [-0.15, -0.1) is 0 Å². The molecular formula is C37H60O2Se. The third-order valence-corrected chi connectivity index (χ3v) is 11.7. The molecule has 0 heterocycles. The van der Waals surface area contributed by atoms with Crippen molar-refractivity contribution in [1.29, 1.82) is 0 Å². The molecule has 226 valence electrons. The first-order valence-electron chi connectivity index (χ1n) is 16.0. The van der Waals surface area contributed by atoms with Crippen molar-refractivity contribution in [2.24, 2.45) is 17.8 Å². The van der Waals surface area contributed by atoms with Gasteiger partial charge in [0.1, 0.15) is 0 Å². The molecule has 3 atom stereocenters. The summed E-state index contributed by atoms with van der Waals surface area (Å²) in [6, 6.07) is 10.8. The minimum atomic E-state index is -0.632. The van der Waals surface area contributed by atoms with Crippen LogP contribution < -0.4 is 9.20 Å². The Morgan fingerprint density at radius 2 is 1.35 bits per heavy atom. The van der Waals surface area contributed by atoms with E-state index in [4.69, 9.17) is 4.74 Å². The summed E-state index contributed by atoms with van der Waals surface area (Å²) in [5.74, 6) is 3.46. The Kier molecular flexibility index (Phi) is 15.4. The van der Waals surface area contributed by atoms with Crippen LogP contribution in [-0.4, -0.2) is 32.8 Å². The molecule has 0 spiro atoms. The molecule has 0 aliphatic rings. The zero-order chi connectivity index (χ0) is 29.7. The van der Waals surface area contributed by atoms with Crippen molar-refractivity contribution in [3.8, 4) is 5.75 Å². The van der Waals surface area contributed by atoms with E-state index >= 15 is 0 Å². The fourth-order valence-electron chi connectivity index (χ4n) is 6.02. The van der Waals surface area contributed by atoms with Crippen molar-refractivity contribution in [2.75, 3.05) is 7.11 Å². The Balaban J connectivity index is 1.90. The molecule has 1 N–H and O–H groups in total. The van der Waals surface area contributed by atoms with Gasteiger partial charge in [-0.25, -0.2) is 0 Å². The van der Waals surface area contributed by atoms with Crippen LogP contribution in [0.5, 0.6) is 5.75 Å². The number of rotatable bonds is 19. The van der Waals surface area contributed by atoms with Gasteiger partial charge in [0, 0.05) is 0 Å². The van der Waals surface area contributed by atoms with Crippen molar-refractivity contribution >= 4 is 19.4 Å². The third kappa shape index (κ3) is 11.9. The second-order valence-corrected chi connectivity index (χ2v) is 15.4. The number of ether oxygens (including phenoxy) is 1. The normalized spacial score (nSPS) is 14.8. The van der Waals surface area contributed by atoms with Gasteiger partial charge in [0.25, 0.3) is 0 Å². The molecule has 2 rings (SSSR count). The van der Waals surface area contributed by atoms with E-state index in [-0.39, 0.29) is 0 Å². The Morgan fingerprint density at radius 1 is 0.775 bits per heavy atom. The van der Waals surface area contributed by atoms with E-state index in [9.17, 15) is 5.11 Å². The maximum atomic E-state index is 11.4. The Morgan fingerprint density at radius 3 is 1.93 bits per heavy atom. The van der Waals surface area contributed by atoms with E-state index in [0.717, 1.165) is 54.5 Å². The average molecular weight is 616 g/mol. The number of hydrogen-bond donors (Lipinski definition) is 1. The van der Waals surface area contributed by atoms with Crippen molar-refractivity contribution in [3.63, 3.8) is 0 Å². The molecule has 0 radical (unpaired) electrons. The molecule has 0 saturated heterocycles. The van der Waals surface area contributed by atoms with Crippen LogP contribution in [0.1, 0.15) is 127 Å². The van der Waals surface area contributed by atoms with Crippen LogP contribution in [0.15, 0.2) is 30.3 Å². The molecule has 3 heteroatoms. The summed E-state index contributed by atoms with van der Waals surface area (Å²) in [4.78, 5) is 0. The quantitative estimate of drug-likeness (QED) is 0.160. The van der Waals surface area contributed by atoms with E-state index in [1.165, 1.54) is 77.2 Å². The predicted octanol–water partition coefficient (Wildman–Crippen LogP) is 9.27. The van der Waals surface area contributed by atoms with Crippen molar-refractivity contribution in [1.82, 2.24) is 0 Å². The maximum absolute atomic E-state index is 11.4. The van der Waals surface area contributed by atoms with Gasteiger partial charge >= 0.3 is 203 Å². The Labute approximate surface area is 254 Å². The van der Waals surface area contributed by atoms with Gasteiger partial charge in [0.2, 0.25) is 0 Å². The van der Waals surface area contributed by atoms with Gasteiger partial charge in [-0.2, -0.15) is 0 Å². The first-order valence-corrected chi connectivity index (χ1v) is 18.1. The topological polar surface area (TPSA) is 29.5 Å². The summed E-state index contributed by atoms with van der Waals surface area (Å²) in [7, 11) is 1.79. The standard InChI is InChI=1S/C37H60O2Se/c1-27(2)16-13-17-28(3)18-14-19-29(4)20-15-24-37(8,38)25-23-34-32(7)35(39-9)30(5)31(6)36(34)40-26-33-21-11-10-12-22-33/h10-12,21-22,27-29,38H,13-20,23-26H2,1-9H3. The van der Waals surface area contributed by atoms with Crippen LogP contribution in [0.3, 0.4) is 0 Å². The van der Waals surface area contributed by atoms with E-state index in [1.807, 2.05) is 0 Å². The summed E-state index contributed by atoms with van der Waals surface area (Å²) in [5, 5.41) is 12.5. The molecular weight excluding hydrogens is 555 g/mol. The molecule has 0 amide bonds. The molecule has 0 aromatic heterocycles. The number of aliphatic hydroxyl groups is 1. The molecule has 40 heavy (non-hydrogen) atoms.